The number of nitro benzene ring substituents is 2. The van der Waals surface area contributed by atoms with Crippen molar-refractivity contribution in [3.63, 3.8) is 0 Å². The van der Waals surface area contributed by atoms with Gasteiger partial charge < -0.3 is 14.8 Å². The summed E-state index contributed by atoms with van der Waals surface area (Å²) in [6.45, 7) is 2.74. The number of aryl methyl sites for hydroxylation is 1. The highest BCUT2D eigenvalue weighted by molar-refractivity contribution is 6.00. The molecular weight excluding hydrogens is 386 g/mol. The molecule has 0 aliphatic heterocycles. The lowest BCUT2D eigenvalue weighted by molar-refractivity contribution is -0.385. The maximum Gasteiger partial charge on any atom is 0.346 e. The highest BCUT2D eigenvalue weighted by Gasteiger charge is 2.28. The fourth-order valence-corrected chi connectivity index (χ4v) is 2.47. The van der Waals surface area contributed by atoms with Crippen molar-refractivity contribution < 1.29 is 28.9 Å². The van der Waals surface area contributed by atoms with Gasteiger partial charge in [0.2, 0.25) is 0 Å². The zero-order chi connectivity index (χ0) is 21.7. The van der Waals surface area contributed by atoms with Gasteiger partial charge in [0.1, 0.15) is 17.0 Å². The number of rotatable bonds is 7. The van der Waals surface area contributed by atoms with Gasteiger partial charge in [-0.05, 0) is 31.5 Å². The Balaban J connectivity index is 2.20. The van der Waals surface area contributed by atoms with Crippen molar-refractivity contribution in [2.75, 3.05) is 12.4 Å². The van der Waals surface area contributed by atoms with Crippen LogP contribution in [0.25, 0.3) is 0 Å². The van der Waals surface area contributed by atoms with Crippen LogP contribution in [0.4, 0.5) is 17.1 Å². The van der Waals surface area contributed by atoms with E-state index in [4.69, 9.17) is 9.47 Å². The first-order valence-corrected chi connectivity index (χ1v) is 8.24. The summed E-state index contributed by atoms with van der Waals surface area (Å²) in [5.74, 6) is -1.68. The SMILES string of the molecule is COc1ccc(NC(=O)C(C)OC(=O)c2c(C)cccc2[N+](=O)[O-])c([N+](=O)[O-])c1. The van der Waals surface area contributed by atoms with E-state index >= 15 is 0 Å². The van der Waals surface area contributed by atoms with Crippen LogP contribution < -0.4 is 10.1 Å². The molecule has 0 aliphatic rings. The minimum Gasteiger partial charge on any atom is -0.496 e. The number of methoxy groups -OCH3 is 1. The first-order chi connectivity index (χ1) is 13.6. The number of anilines is 1. The molecule has 0 aliphatic carbocycles. The quantitative estimate of drug-likeness (QED) is 0.421. The summed E-state index contributed by atoms with van der Waals surface area (Å²) in [5.41, 5.74) is -0.945. The predicted octanol–water partition coefficient (Wildman–Crippen LogP) is 3.00. The number of ether oxygens (including phenoxy) is 2. The lowest BCUT2D eigenvalue weighted by Crippen LogP contribution is -2.30. The molecule has 0 bridgehead atoms. The van der Waals surface area contributed by atoms with Crippen LogP contribution >= 0.6 is 0 Å². The van der Waals surface area contributed by atoms with Crippen molar-refractivity contribution in [1.82, 2.24) is 0 Å². The van der Waals surface area contributed by atoms with Crippen LogP contribution in [0.1, 0.15) is 22.8 Å². The van der Waals surface area contributed by atoms with E-state index in [1.807, 2.05) is 0 Å². The number of hydrogen-bond acceptors (Lipinski definition) is 8. The molecule has 0 aromatic heterocycles. The Morgan fingerprint density at radius 3 is 2.31 bits per heavy atom. The van der Waals surface area contributed by atoms with Crippen LogP contribution in [0, 0.1) is 27.2 Å². The third kappa shape index (κ3) is 4.83. The van der Waals surface area contributed by atoms with Crippen molar-refractivity contribution in [3.8, 4) is 5.75 Å². The van der Waals surface area contributed by atoms with Gasteiger partial charge in [-0.15, -0.1) is 0 Å². The monoisotopic (exact) mass is 403 g/mol. The lowest BCUT2D eigenvalue weighted by Gasteiger charge is -2.14. The number of nitrogens with zero attached hydrogens (tertiary/aromatic N) is 2. The summed E-state index contributed by atoms with van der Waals surface area (Å²) in [6, 6.07) is 7.88. The highest BCUT2D eigenvalue weighted by atomic mass is 16.6. The number of carbonyl (C=O) groups excluding carboxylic acids is 2. The maximum atomic E-state index is 12.4. The van der Waals surface area contributed by atoms with E-state index in [9.17, 15) is 29.8 Å². The number of hydrogen-bond donors (Lipinski definition) is 1. The van der Waals surface area contributed by atoms with Gasteiger partial charge in [-0.1, -0.05) is 12.1 Å². The Hall–Kier alpha value is -4.02. The normalized spacial score (nSPS) is 11.3. The van der Waals surface area contributed by atoms with Gasteiger partial charge in [-0.2, -0.15) is 0 Å². The molecule has 29 heavy (non-hydrogen) atoms. The zero-order valence-electron chi connectivity index (χ0n) is 15.7. The van der Waals surface area contributed by atoms with Crippen LogP contribution in [0.5, 0.6) is 5.75 Å². The third-order valence-electron chi connectivity index (χ3n) is 3.96. The van der Waals surface area contributed by atoms with E-state index in [0.29, 0.717) is 5.56 Å². The standard InChI is InChI=1S/C18H17N3O8/c1-10-5-4-6-14(20(24)25)16(10)18(23)29-11(2)17(22)19-13-8-7-12(28-3)9-15(13)21(26)27/h4-9,11H,1-3H3,(H,19,22). The fourth-order valence-electron chi connectivity index (χ4n) is 2.47. The number of benzene rings is 2. The van der Waals surface area contributed by atoms with Gasteiger partial charge in [-0.25, -0.2) is 4.79 Å². The molecule has 1 N–H and O–H groups in total. The average Bonchev–Trinajstić information content (AvgIpc) is 2.67. The molecule has 1 unspecified atom stereocenters. The summed E-state index contributed by atoms with van der Waals surface area (Å²) in [7, 11) is 1.34. The minimum atomic E-state index is -1.37. The Morgan fingerprint density at radius 1 is 1.07 bits per heavy atom. The van der Waals surface area contributed by atoms with E-state index in [0.717, 1.165) is 12.1 Å². The third-order valence-corrected chi connectivity index (χ3v) is 3.96. The van der Waals surface area contributed by atoms with Gasteiger partial charge in [-0.3, -0.25) is 25.0 Å². The predicted molar refractivity (Wildman–Crippen MR) is 101 cm³/mol. The Morgan fingerprint density at radius 2 is 1.72 bits per heavy atom. The molecule has 0 fully saturated rings. The minimum absolute atomic E-state index is 0.120. The van der Waals surface area contributed by atoms with E-state index in [2.05, 4.69) is 5.32 Å². The van der Waals surface area contributed by atoms with Crippen molar-refractivity contribution >= 4 is 28.9 Å². The second kappa shape index (κ2) is 8.78. The molecular formula is C18H17N3O8. The number of nitro groups is 2. The number of carbonyl (C=O) groups is 2. The molecule has 0 spiro atoms. The first kappa shape index (κ1) is 21.3. The van der Waals surface area contributed by atoms with E-state index in [1.54, 1.807) is 0 Å². The molecule has 0 radical (unpaired) electrons. The molecule has 0 saturated carbocycles. The molecule has 2 rings (SSSR count). The lowest BCUT2D eigenvalue weighted by atomic mass is 10.1. The van der Waals surface area contributed by atoms with Gasteiger partial charge in [0.15, 0.2) is 6.10 Å². The molecule has 2 aromatic carbocycles. The van der Waals surface area contributed by atoms with Gasteiger partial charge in [0.25, 0.3) is 17.3 Å². The zero-order valence-corrected chi connectivity index (χ0v) is 15.7. The number of amides is 1. The Labute approximate surface area is 164 Å². The Kier molecular flexibility index (Phi) is 6.44. The average molecular weight is 403 g/mol. The maximum absolute atomic E-state index is 12.4. The van der Waals surface area contributed by atoms with Crippen LogP contribution in [0.15, 0.2) is 36.4 Å². The molecule has 152 valence electrons. The summed E-state index contributed by atoms with van der Waals surface area (Å²) in [6.07, 6.45) is -1.37. The van der Waals surface area contributed by atoms with E-state index in [-0.39, 0.29) is 17.0 Å². The molecule has 11 heteroatoms. The van der Waals surface area contributed by atoms with Gasteiger partial charge in [0.05, 0.1) is 23.0 Å². The summed E-state index contributed by atoms with van der Waals surface area (Å²) in [5, 5.41) is 24.6. The van der Waals surface area contributed by atoms with Crippen molar-refractivity contribution in [2.45, 2.75) is 20.0 Å². The topological polar surface area (TPSA) is 151 Å². The van der Waals surface area contributed by atoms with E-state index < -0.39 is 39.2 Å². The van der Waals surface area contributed by atoms with Crippen molar-refractivity contribution in [2.24, 2.45) is 0 Å². The number of nitrogens with one attached hydrogen (secondary N) is 1. The van der Waals surface area contributed by atoms with Crippen LogP contribution in [0.2, 0.25) is 0 Å². The van der Waals surface area contributed by atoms with Crippen LogP contribution in [-0.4, -0.2) is 34.9 Å². The summed E-state index contributed by atoms with van der Waals surface area (Å²) in [4.78, 5) is 45.6. The fraction of sp³-hybridized carbons (Fsp3) is 0.222. The number of esters is 1. The largest absolute Gasteiger partial charge is 0.496 e. The summed E-state index contributed by atoms with van der Waals surface area (Å²) >= 11 is 0. The summed E-state index contributed by atoms with van der Waals surface area (Å²) < 4.78 is 9.95. The second-order valence-corrected chi connectivity index (χ2v) is 5.90. The smallest absolute Gasteiger partial charge is 0.346 e. The van der Waals surface area contributed by atoms with Crippen molar-refractivity contribution in [1.29, 1.82) is 0 Å². The molecule has 0 saturated heterocycles. The van der Waals surface area contributed by atoms with Crippen molar-refractivity contribution in [3.05, 3.63) is 67.8 Å². The van der Waals surface area contributed by atoms with Gasteiger partial charge in [0, 0.05) is 6.07 Å². The molecule has 2 aromatic rings. The molecule has 11 nitrogen and oxygen atoms in total. The van der Waals surface area contributed by atoms with Crippen LogP contribution in [-0.2, 0) is 9.53 Å². The molecule has 0 heterocycles. The molecule has 1 atom stereocenters. The second-order valence-electron chi connectivity index (χ2n) is 5.90. The first-order valence-electron chi connectivity index (χ1n) is 8.24. The van der Waals surface area contributed by atoms with Crippen LogP contribution in [0.3, 0.4) is 0 Å². The van der Waals surface area contributed by atoms with Gasteiger partial charge >= 0.3 is 5.97 Å². The Bertz CT molecular complexity index is 989. The molecule has 1 amide bonds. The highest BCUT2D eigenvalue weighted by Crippen LogP contribution is 2.29. The van der Waals surface area contributed by atoms with E-state index in [1.165, 1.54) is 45.2 Å².